The topological polar surface area (TPSA) is 68.2 Å². The van der Waals surface area contributed by atoms with Gasteiger partial charge in [0.2, 0.25) is 0 Å². The van der Waals surface area contributed by atoms with Gasteiger partial charge < -0.3 is 15.4 Å². The second-order valence-corrected chi connectivity index (χ2v) is 5.37. The summed E-state index contributed by atoms with van der Waals surface area (Å²) >= 11 is 0. The average molecular weight is 320 g/mol. The first kappa shape index (κ1) is 16.8. The van der Waals surface area contributed by atoms with Crippen LogP contribution in [0.4, 0.5) is 14.9 Å². The zero-order chi connectivity index (χ0) is 17.1. The highest BCUT2D eigenvalue weighted by Crippen LogP contribution is 2.25. The van der Waals surface area contributed by atoms with Gasteiger partial charge in [-0.1, -0.05) is 0 Å². The van der Waals surface area contributed by atoms with E-state index in [-0.39, 0.29) is 11.8 Å². The van der Waals surface area contributed by atoms with E-state index < -0.39 is 11.8 Å². The fourth-order valence-electron chi connectivity index (χ4n) is 2.61. The number of aryl methyl sites for hydroxylation is 2. The van der Waals surface area contributed by atoms with Gasteiger partial charge in [-0.25, -0.2) is 9.18 Å². The number of carbonyl (C=O) groups is 1. The minimum atomic E-state index is -0.428. The second kappa shape index (κ2) is 6.68. The van der Waals surface area contributed by atoms with Crippen LogP contribution in [0.5, 0.6) is 5.75 Å². The van der Waals surface area contributed by atoms with E-state index >= 15 is 0 Å². The molecule has 0 bridgehead atoms. The zero-order valence-corrected chi connectivity index (χ0v) is 13.9. The van der Waals surface area contributed by atoms with Gasteiger partial charge in [-0.3, -0.25) is 4.68 Å². The summed E-state index contributed by atoms with van der Waals surface area (Å²) in [4.78, 5) is 12.2. The van der Waals surface area contributed by atoms with Crippen LogP contribution in [0.3, 0.4) is 0 Å². The number of hydrogen-bond donors (Lipinski definition) is 2. The van der Waals surface area contributed by atoms with Crippen molar-refractivity contribution in [2.45, 2.75) is 26.8 Å². The van der Waals surface area contributed by atoms with E-state index in [0.717, 1.165) is 17.0 Å². The van der Waals surface area contributed by atoms with Gasteiger partial charge in [0.05, 0.1) is 24.5 Å². The number of urea groups is 1. The maximum Gasteiger partial charge on any atom is 0.319 e. The highest BCUT2D eigenvalue weighted by Gasteiger charge is 2.18. The van der Waals surface area contributed by atoms with Gasteiger partial charge >= 0.3 is 6.03 Å². The van der Waals surface area contributed by atoms with Crippen molar-refractivity contribution in [1.82, 2.24) is 15.1 Å². The van der Waals surface area contributed by atoms with Gasteiger partial charge in [0.1, 0.15) is 11.6 Å². The summed E-state index contributed by atoms with van der Waals surface area (Å²) in [5.74, 6) is -0.163. The molecule has 124 valence electrons. The molecule has 1 unspecified atom stereocenters. The highest BCUT2D eigenvalue weighted by molar-refractivity contribution is 5.91. The number of nitrogens with zero attached hydrogens (tertiary/aromatic N) is 2. The molecule has 0 saturated heterocycles. The van der Waals surface area contributed by atoms with Crippen molar-refractivity contribution in [1.29, 1.82) is 0 Å². The van der Waals surface area contributed by atoms with Crippen LogP contribution in [0.25, 0.3) is 0 Å². The summed E-state index contributed by atoms with van der Waals surface area (Å²) in [5, 5.41) is 9.86. The number of rotatable bonds is 4. The van der Waals surface area contributed by atoms with Gasteiger partial charge in [0.25, 0.3) is 0 Å². The monoisotopic (exact) mass is 320 g/mol. The predicted octanol–water partition coefficient (Wildman–Crippen LogP) is 3.07. The Kier molecular flexibility index (Phi) is 4.88. The highest BCUT2D eigenvalue weighted by atomic mass is 19.1. The molecule has 0 aliphatic heterocycles. The predicted molar refractivity (Wildman–Crippen MR) is 86.2 cm³/mol. The summed E-state index contributed by atoms with van der Waals surface area (Å²) < 4.78 is 20.0. The molecule has 0 fully saturated rings. The number of hydrogen-bond acceptors (Lipinski definition) is 3. The van der Waals surface area contributed by atoms with Crippen LogP contribution >= 0.6 is 0 Å². The fraction of sp³-hybridized carbons (Fsp3) is 0.375. The number of aromatic nitrogens is 2. The van der Waals surface area contributed by atoms with Crippen molar-refractivity contribution in [3.8, 4) is 5.75 Å². The van der Waals surface area contributed by atoms with E-state index in [0.29, 0.717) is 5.69 Å². The number of carbonyl (C=O) groups excluding carboxylic acids is 1. The third kappa shape index (κ3) is 3.61. The maximum absolute atomic E-state index is 13.2. The number of methoxy groups -OCH3 is 1. The Labute approximate surface area is 134 Å². The third-order valence-corrected chi connectivity index (χ3v) is 3.76. The van der Waals surface area contributed by atoms with Crippen LogP contribution in [0.2, 0.25) is 0 Å². The molecule has 7 heteroatoms. The molecule has 2 rings (SSSR count). The Morgan fingerprint density at radius 2 is 2.09 bits per heavy atom. The smallest absolute Gasteiger partial charge is 0.319 e. The Morgan fingerprint density at radius 3 is 2.65 bits per heavy atom. The largest absolute Gasteiger partial charge is 0.494 e. The van der Waals surface area contributed by atoms with E-state index in [9.17, 15) is 9.18 Å². The van der Waals surface area contributed by atoms with Gasteiger partial charge in [-0.2, -0.15) is 5.10 Å². The fourth-order valence-corrected chi connectivity index (χ4v) is 2.61. The minimum absolute atomic E-state index is 0.213. The van der Waals surface area contributed by atoms with E-state index in [1.54, 1.807) is 4.68 Å². The first-order valence-corrected chi connectivity index (χ1v) is 7.24. The van der Waals surface area contributed by atoms with Crippen LogP contribution < -0.4 is 15.4 Å². The Balaban J connectivity index is 2.10. The quantitative estimate of drug-likeness (QED) is 0.910. The molecule has 0 aliphatic rings. The molecule has 2 amide bonds. The van der Waals surface area contributed by atoms with E-state index in [2.05, 4.69) is 15.7 Å². The summed E-state index contributed by atoms with van der Waals surface area (Å²) in [6, 6.07) is 3.32. The first-order chi connectivity index (χ1) is 10.8. The molecule has 1 atom stereocenters. The molecular formula is C16H21FN4O2. The maximum atomic E-state index is 13.2. The van der Waals surface area contributed by atoms with Crippen molar-refractivity contribution >= 4 is 11.7 Å². The summed E-state index contributed by atoms with van der Waals surface area (Å²) in [7, 11) is 3.28. The number of nitrogens with one attached hydrogen (secondary N) is 2. The molecule has 0 aliphatic carbocycles. The van der Waals surface area contributed by atoms with Crippen molar-refractivity contribution in [2.75, 3.05) is 12.4 Å². The van der Waals surface area contributed by atoms with Gasteiger partial charge in [0.15, 0.2) is 0 Å². The van der Waals surface area contributed by atoms with E-state index in [4.69, 9.17) is 4.74 Å². The van der Waals surface area contributed by atoms with Crippen LogP contribution in [0.1, 0.15) is 29.9 Å². The second-order valence-electron chi connectivity index (χ2n) is 5.37. The van der Waals surface area contributed by atoms with Crippen molar-refractivity contribution < 1.29 is 13.9 Å². The van der Waals surface area contributed by atoms with Crippen molar-refractivity contribution in [2.24, 2.45) is 7.05 Å². The van der Waals surface area contributed by atoms with Crippen LogP contribution in [-0.4, -0.2) is 22.9 Å². The molecule has 1 aromatic heterocycles. The molecule has 2 aromatic rings. The van der Waals surface area contributed by atoms with Crippen LogP contribution in [-0.2, 0) is 7.05 Å². The van der Waals surface area contributed by atoms with Gasteiger partial charge in [0, 0.05) is 24.4 Å². The standard InChI is InChI=1S/C16H21FN4O2/c1-9(15-10(2)20-21(4)11(15)3)18-16(22)19-13-7-6-12(17)8-14(13)23-5/h6-9H,1-5H3,(H2,18,19,22). The van der Waals surface area contributed by atoms with E-state index in [1.165, 1.54) is 25.3 Å². The lowest BCUT2D eigenvalue weighted by atomic mass is 10.1. The zero-order valence-electron chi connectivity index (χ0n) is 13.9. The average Bonchev–Trinajstić information content (AvgIpc) is 2.73. The lowest BCUT2D eigenvalue weighted by Gasteiger charge is -2.16. The third-order valence-electron chi connectivity index (χ3n) is 3.76. The molecule has 1 heterocycles. The number of halogens is 1. The molecule has 0 spiro atoms. The molecule has 2 N–H and O–H groups in total. The summed E-state index contributed by atoms with van der Waals surface area (Å²) in [6.07, 6.45) is 0. The SMILES string of the molecule is COc1cc(F)ccc1NC(=O)NC(C)c1c(C)nn(C)c1C. The summed E-state index contributed by atoms with van der Waals surface area (Å²) in [5.41, 5.74) is 3.25. The van der Waals surface area contributed by atoms with Crippen molar-refractivity contribution in [3.05, 3.63) is 41.0 Å². The van der Waals surface area contributed by atoms with Crippen LogP contribution in [0.15, 0.2) is 18.2 Å². The van der Waals surface area contributed by atoms with Gasteiger partial charge in [-0.15, -0.1) is 0 Å². The van der Waals surface area contributed by atoms with Gasteiger partial charge in [-0.05, 0) is 32.9 Å². The minimum Gasteiger partial charge on any atom is -0.494 e. The van der Waals surface area contributed by atoms with E-state index in [1.807, 2.05) is 27.8 Å². The molecular weight excluding hydrogens is 299 g/mol. The number of amides is 2. The number of anilines is 1. The Hall–Kier alpha value is -2.57. The normalized spacial score (nSPS) is 11.9. The molecule has 6 nitrogen and oxygen atoms in total. The lowest BCUT2D eigenvalue weighted by molar-refractivity contribution is 0.249. The van der Waals surface area contributed by atoms with Crippen LogP contribution in [0, 0.1) is 19.7 Å². The Morgan fingerprint density at radius 1 is 1.39 bits per heavy atom. The molecule has 0 radical (unpaired) electrons. The Bertz CT molecular complexity index is 727. The summed E-state index contributed by atoms with van der Waals surface area (Å²) in [6.45, 7) is 5.74. The lowest BCUT2D eigenvalue weighted by Crippen LogP contribution is -2.31. The van der Waals surface area contributed by atoms with Crippen molar-refractivity contribution in [3.63, 3.8) is 0 Å². The number of ether oxygens (including phenoxy) is 1. The molecule has 0 saturated carbocycles. The first-order valence-electron chi connectivity index (χ1n) is 7.24. The molecule has 1 aromatic carbocycles. The number of benzene rings is 1. The molecule has 23 heavy (non-hydrogen) atoms.